The van der Waals surface area contributed by atoms with Gasteiger partial charge in [0.2, 0.25) is 0 Å². The van der Waals surface area contributed by atoms with Crippen molar-refractivity contribution in [2.24, 2.45) is 10.9 Å². The topological polar surface area (TPSA) is 84.9 Å². The number of halogens is 1. The summed E-state index contributed by atoms with van der Waals surface area (Å²) in [5, 5.41) is 12.1. The first-order valence-corrected chi connectivity index (χ1v) is 4.25. The van der Waals surface area contributed by atoms with E-state index >= 15 is 0 Å². The number of nitrogens with two attached hydrogens (primary N) is 1. The summed E-state index contributed by atoms with van der Waals surface area (Å²) in [4.78, 5) is 15.2. The molecule has 0 aromatic carbocycles. The van der Waals surface area contributed by atoms with E-state index in [1.807, 2.05) is 0 Å². The zero-order chi connectivity index (χ0) is 9.14. The van der Waals surface area contributed by atoms with Gasteiger partial charge in [-0.25, -0.2) is 0 Å². The summed E-state index contributed by atoms with van der Waals surface area (Å²) in [5.41, 5.74) is 5.30. The van der Waals surface area contributed by atoms with Crippen molar-refractivity contribution in [1.82, 2.24) is 0 Å². The van der Waals surface area contributed by atoms with E-state index in [0.29, 0.717) is 11.0 Å². The van der Waals surface area contributed by atoms with Crippen molar-refractivity contribution >= 4 is 26.5 Å². The van der Waals surface area contributed by atoms with E-state index in [4.69, 9.17) is 15.7 Å². The molecule has 0 aliphatic carbocycles. The van der Waals surface area contributed by atoms with Gasteiger partial charge in [-0.1, -0.05) is 5.16 Å². The highest BCUT2D eigenvalue weighted by Crippen LogP contribution is 2.17. The molecule has 1 heterocycles. The first kappa shape index (κ1) is 9.47. The number of hydrogen-bond donors (Lipinski definition) is 2. The Morgan fingerprint density at radius 3 is 3.08 bits per heavy atom. The standard InChI is InChI=1S/C6H9BrN2O3/c7-5-2-3(12-9-5)1-4(8)6(10)11/h3-4H,1-2,8H2,(H,10,11)/t3-,4-/m1/s1. The van der Waals surface area contributed by atoms with Crippen LogP contribution in [0.2, 0.25) is 0 Å². The van der Waals surface area contributed by atoms with Crippen LogP contribution in [0.25, 0.3) is 0 Å². The fourth-order valence-electron chi connectivity index (χ4n) is 0.905. The van der Waals surface area contributed by atoms with Crippen LogP contribution >= 0.6 is 15.9 Å². The second-order valence-corrected chi connectivity index (χ2v) is 3.49. The van der Waals surface area contributed by atoms with Gasteiger partial charge >= 0.3 is 5.97 Å². The summed E-state index contributed by atoms with van der Waals surface area (Å²) in [6, 6.07) is -0.872. The van der Waals surface area contributed by atoms with E-state index < -0.39 is 12.0 Å². The average molecular weight is 237 g/mol. The van der Waals surface area contributed by atoms with E-state index in [2.05, 4.69) is 21.1 Å². The Morgan fingerprint density at radius 1 is 2.00 bits per heavy atom. The molecule has 0 saturated carbocycles. The van der Waals surface area contributed by atoms with Crippen molar-refractivity contribution in [2.45, 2.75) is 25.0 Å². The van der Waals surface area contributed by atoms with Gasteiger partial charge in [0.05, 0.1) is 0 Å². The summed E-state index contributed by atoms with van der Waals surface area (Å²) in [6.07, 6.45) is 0.681. The fraction of sp³-hybridized carbons (Fsp3) is 0.667. The molecule has 0 unspecified atom stereocenters. The lowest BCUT2D eigenvalue weighted by Crippen LogP contribution is -2.33. The normalized spacial score (nSPS) is 24.5. The summed E-state index contributed by atoms with van der Waals surface area (Å²) in [5.74, 6) is -1.01. The van der Waals surface area contributed by atoms with Gasteiger partial charge in [0.15, 0.2) is 0 Å². The Morgan fingerprint density at radius 2 is 2.67 bits per heavy atom. The molecule has 2 atom stereocenters. The molecule has 68 valence electrons. The maximum Gasteiger partial charge on any atom is 0.320 e. The van der Waals surface area contributed by atoms with E-state index in [-0.39, 0.29) is 12.5 Å². The SMILES string of the molecule is N[C@H](C[C@@H]1CC(Br)=NO1)C(=O)O. The van der Waals surface area contributed by atoms with E-state index in [0.717, 1.165) is 0 Å². The Hall–Kier alpha value is -0.620. The Labute approximate surface area is 77.7 Å². The number of rotatable bonds is 3. The number of hydrogen-bond acceptors (Lipinski definition) is 4. The van der Waals surface area contributed by atoms with Crippen LogP contribution in [0.1, 0.15) is 12.8 Å². The number of carboxylic acid groups (broad SMARTS) is 1. The van der Waals surface area contributed by atoms with Gasteiger partial charge in [-0.15, -0.1) is 0 Å². The predicted molar refractivity (Wildman–Crippen MR) is 46.1 cm³/mol. The minimum atomic E-state index is -1.01. The second kappa shape index (κ2) is 3.86. The van der Waals surface area contributed by atoms with Gasteiger partial charge < -0.3 is 15.7 Å². The summed E-state index contributed by atoms with van der Waals surface area (Å²) in [6.45, 7) is 0. The van der Waals surface area contributed by atoms with Crippen LogP contribution in [-0.2, 0) is 9.63 Å². The number of nitrogens with zero attached hydrogens (tertiary/aromatic N) is 1. The zero-order valence-corrected chi connectivity index (χ0v) is 7.82. The molecule has 0 aromatic rings. The first-order valence-electron chi connectivity index (χ1n) is 3.46. The quantitative estimate of drug-likeness (QED) is 0.738. The van der Waals surface area contributed by atoms with E-state index in [9.17, 15) is 4.79 Å². The predicted octanol–water partition coefficient (Wildman–Crippen LogP) is 0.286. The molecule has 12 heavy (non-hydrogen) atoms. The molecule has 1 rings (SSSR count). The van der Waals surface area contributed by atoms with Crippen molar-refractivity contribution < 1.29 is 14.7 Å². The number of aliphatic carboxylic acids is 1. The highest BCUT2D eigenvalue weighted by atomic mass is 79.9. The van der Waals surface area contributed by atoms with Crippen molar-refractivity contribution in [2.75, 3.05) is 0 Å². The highest BCUT2D eigenvalue weighted by molar-refractivity contribution is 9.18. The lowest BCUT2D eigenvalue weighted by molar-refractivity contribution is -0.139. The Bertz CT molecular complexity index is 219. The zero-order valence-electron chi connectivity index (χ0n) is 6.24. The van der Waals surface area contributed by atoms with Gasteiger partial charge in [-0.05, 0) is 15.9 Å². The lowest BCUT2D eigenvalue weighted by Gasteiger charge is -2.10. The molecule has 0 amide bonds. The molecule has 6 heteroatoms. The van der Waals surface area contributed by atoms with Crippen molar-refractivity contribution in [3.05, 3.63) is 0 Å². The van der Waals surface area contributed by atoms with Crippen LogP contribution in [0, 0.1) is 0 Å². The molecule has 1 aliphatic heterocycles. The summed E-state index contributed by atoms with van der Waals surface area (Å²) in [7, 11) is 0. The van der Waals surface area contributed by atoms with Crippen LogP contribution < -0.4 is 5.73 Å². The summed E-state index contributed by atoms with van der Waals surface area (Å²) >= 11 is 3.14. The molecular weight excluding hydrogens is 228 g/mol. The smallest absolute Gasteiger partial charge is 0.320 e. The highest BCUT2D eigenvalue weighted by Gasteiger charge is 2.24. The molecule has 0 radical (unpaired) electrons. The van der Waals surface area contributed by atoms with Crippen LogP contribution in [0.3, 0.4) is 0 Å². The van der Waals surface area contributed by atoms with Crippen LogP contribution in [0.15, 0.2) is 5.16 Å². The van der Waals surface area contributed by atoms with Crippen molar-refractivity contribution in [3.63, 3.8) is 0 Å². The third kappa shape index (κ3) is 2.46. The fourth-order valence-corrected chi connectivity index (χ4v) is 1.35. The van der Waals surface area contributed by atoms with Gasteiger partial charge in [-0.3, -0.25) is 4.79 Å². The molecule has 1 aliphatic rings. The average Bonchev–Trinajstić information content (AvgIpc) is 2.35. The van der Waals surface area contributed by atoms with Crippen LogP contribution in [0.4, 0.5) is 0 Å². The third-order valence-electron chi connectivity index (χ3n) is 1.53. The van der Waals surface area contributed by atoms with Gasteiger partial charge in [0.1, 0.15) is 16.8 Å². The number of carboxylic acids is 1. The molecule has 0 bridgehead atoms. The molecule has 0 spiro atoms. The van der Waals surface area contributed by atoms with Crippen molar-refractivity contribution in [1.29, 1.82) is 0 Å². The third-order valence-corrected chi connectivity index (χ3v) is 2.00. The maximum absolute atomic E-state index is 10.3. The molecule has 0 saturated heterocycles. The van der Waals surface area contributed by atoms with Crippen LogP contribution in [-0.4, -0.2) is 27.8 Å². The van der Waals surface area contributed by atoms with E-state index in [1.165, 1.54) is 0 Å². The largest absolute Gasteiger partial charge is 0.480 e. The molecule has 5 nitrogen and oxygen atoms in total. The van der Waals surface area contributed by atoms with Gasteiger partial charge in [0.25, 0.3) is 0 Å². The number of carbonyl (C=O) groups is 1. The van der Waals surface area contributed by atoms with Crippen LogP contribution in [0.5, 0.6) is 0 Å². The monoisotopic (exact) mass is 236 g/mol. The minimum absolute atomic E-state index is 0.203. The molecular formula is C6H9BrN2O3. The molecule has 3 N–H and O–H groups in total. The number of oxime groups is 1. The van der Waals surface area contributed by atoms with Crippen molar-refractivity contribution in [3.8, 4) is 0 Å². The van der Waals surface area contributed by atoms with E-state index in [1.54, 1.807) is 0 Å². The summed E-state index contributed by atoms with van der Waals surface area (Å²) < 4.78 is 0.699. The second-order valence-electron chi connectivity index (χ2n) is 2.58. The Kier molecular flexibility index (Phi) is 3.05. The molecule has 0 aromatic heterocycles. The Balaban J connectivity index is 2.30. The molecule has 0 fully saturated rings. The lowest BCUT2D eigenvalue weighted by atomic mass is 10.1. The van der Waals surface area contributed by atoms with Gasteiger partial charge in [0, 0.05) is 12.8 Å². The van der Waals surface area contributed by atoms with Gasteiger partial charge in [-0.2, -0.15) is 0 Å². The minimum Gasteiger partial charge on any atom is -0.480 e. The first-order chi connectivity index (χ1) is 5.59. The maximum atomic E-state index is 10.3.